The average molecular weight is 555 g/mol. The Kier molecular flexibility index (Phi) is 11.1. The van der Waals surface area contributed by atoms with Gasteiger partial charge >= 0.3 is 0 Å². The van der Waals surface area contributed by atoms with E-state index in [4.69, 9.17) is 9.72 Å². The quantitative estimate of drug-likeness (QED) is 0.321. The lowest BCUT2D eigenvalue weighted by atomic mass is 10.2. The zero-order valence-corrected chi connectivity index (χ0v) is 23.9. The summed E-state index contributed by atoms with van der Waals surface area (Å²) in [6.45, 7) is 11.5. The number of aromatic nitrogens is 1. The summed E-state index contributed by atoms with van der Waals surface area (Å²) in [7, 11) is -1.98. The second kappa shape index (κ2) is 13.3. The zero-order valence-electron chi connectivity index (χ0n) is 21.4. The monoisotopic (exact) mass is 554 g/mol. The van der Waals surface area contributed by atoms with Crippen molar-refractivity contribution in [2.75, 3.05) is 51.3 Å². The van der Waals surface area contributed by atoms with Gasteiger partial charge in [-0.2, -0.15) is 4.31 Å². The number of ether oxygens (including phenoxy) is 1. The van der Waals surface area contributed by atoms with E-state index in [1.807, 2.05) is 18.2 Å². The Bertz CT molecular complexity index is 1240. The molecule has 0 atom stereocenters. The summed E-state index contributed by atoms with van der Waals surface area (Å²) in [5.74, 6) is 0.496. The first-order valence-corrected chi connectivity index (χ1v) is 14.1. The Morgan fingerprint density at radius 2 is 1.58 bits per heavy atom. The van der Waals surface area contributed by atoms with Gasteiger partial charge in [0.1, 0.15) is 5.75 Å². The van der Waals surface area contributed by atoms with Crippen LogP contribution in [0, 0.1) is 0 Å². The molecule has 0 aliphatic rings. The van der Waals surface area contributed by atoms with E-state index in [1.54, 1.807) is 38.0 Å². The molecular weight excluding hydrogens is 520 g/mol. The molecule has 0 fully saturated rings. The number of sulfonamides is 1. The van der Waals surface area contributed by atoms with Crippen LogP contribution in [0.5, 0.6) is 5.75 Å². The van der Waals surface area contributed by atoms with Gasteiger partial charge in [0.2, 0.25) is 10.0 Å². The van der Waals surface area contributed by atoms with Crippen LogP contribution >= 0.6 is 23.7 Å². The number of fused-ring (bicyclic) bond motifs is 1. The number of methoxy groups -OCH3 is 1. The highest BCUT2D eigenvalue weighted by molar-refractivity contribution is 7.89. The fourth-order valence-corrected chi connectivity index (χ4v) is 6.27. The van der Waals surface area contributed by atoms with Crippen LogP contribution in [0.1, 0.15) is 38.1 Å². The molecule has 1 aromatic heterocycles. The Labute approximate surface area is 224 Å². The maximum atomic E-state index is 13.6. The molecule has 0 aliphatic carbocycles. The molecule has 36 heavy (non-hydrogen) atoms. The highest BCUT2D eigenvalue weighted by Crippen LogP contribution is 2.32. The molecular formula is C25H35ClN4O4S2. The molecule has 0 spiro atoms. The molecule has 8 nitrogen and oxygen atoms in total. The summed E-state index contributed by atoms with van der Waals surface area (Å²) in [5, 5.41) is 0.602. The predicted octanol–water partition coefficient (Wildman–Crippen LogP) is 4.75. The van der Waals surface area contributed by atoms with Crippen LogP contribution in [-0.2, 0) is 10.0 Å². The maximum absolute atomic E-state index is 13.6. The van der Waals surface area contributed by atoms with Crippen LogP contribution in [-0.4, -0.2) is 74.9 Å². The average Bonchev–Trinajstić information content (AvgIpc) is 3.30. The van der Waals surface area contributed by atoms with Gasteiger partial charge in [0.15, 0.2) is 5.13 Å². The number of anilines is 1. The van der Waals surface area contributed by atoms with Gasteiger partial charge in [0.25, 0.3) is 5.91 Å². The summed E-state index contributed by atoms with van der Waals surface area (Å²) in [5.41, 5.74) is 1.19. The number of likely N-dealkylation sites (N-methyl/N-ethyl adjacent to an activating group) is 1. The van der Waals surface area contributed by atoms with E-state index in [0.29, 0.717) is 42.6 Å². The molecule has 0 N–H and O–H groups in total. The number of hydrogen-bond acceptors (Lipinski definition) is 7. The van der Waals surface area contributed by atoms with Gasteiger partial charge in [-0.05, 0) is 49.5 Å². The van der Waals surface area contributed by atoms with Crippen molar-refractivity contribution < 1.29 is 17.9 Å². The van der Waals surface area contributed by atoms with E-state index < -0.39 is 10.0 Å². The second-order valence-corrected chi connectivity index (χ2v) is 10.9. The van der Waals surface area contributed by atoms with E-state index in [0.717, 1.165) is 23.3 Å². The molecule has 0 aliphatic heterocycles. The summed E-state index contributed by atoms with van der Waals surface area (Å²) >= 11 is 1.45. The molecule has 1 heterocycles. The minimum Gasteiger partial charge on any atom is -0.497 e. The summed E-state index contributed by atoms with van der Waals surface area (Å²) in [4.78, 5) is 22.5. The lowest BCUT2D eigenvalue weighted by molar-refractivity contribution is 0.0983. The zero-order chi connectivity index (χ0) is 25.6. The van der Waals surface area contributed by atoms with Crippen molar-refractivity contribution in [3.63, 3.8) is 0 Å². The van der Waals surface area contributed by atoms with E-state index in [1.165, 1.54) is 27.8 Å². The van der Waals surface area contributed by atoms with Crippen LogP contribution in [0.3, 0.4) is 0 Å². The molecule has 3 rings (SSSR count). The van der Waals surface area contributed by atoms with E-state index in [-0.39, 0.29) is 23.2 Å². The smallest absolute Gasteiger partial charge is 0.260 e. The third kappa shape index (κ3) is 6.54. The van der Waals surface area contributed by atoms with Gasteiger partial charge in [-0.1, -0.05) is 39.0 Å². The lowest BCUT2D eigenvalue weighted by Crippen LogP contribution is -2.39. The fourth-order valence-electron chi connectivity index (χ4n) is 3.84. The number of nitrogens with zero attached hydrogens (tertiary/aromatic N) is 4. The maximum Gasteiger partial charge on any atom is 0.260 e. The number of benzene rings is 2. The highest BCUT2D eigenvalue weighted by atomic mass is 35.5. The third-order valence-electron chi connectivity index (χ3n) is 6.04. The SMILES string of the molecule is CCN(CC)CCN(C(=O)c1ccc(S(=O)(=O)N(CC)CC)cc1)c1nc2cc(OC)ccc2s1.Cl. The summed E-state index contributed by atoms with van der Waals surface area (Å²) in [6.07, 6.45) is 0. The van der Waals surface area contributed by atoms with Crippen molar-refractivity contribution in [1.29, 1.82) is 0 Å². The number of carbonyl (C=O) groups excluding carboxylic acids is 1. The first-order chi connectivity index (χ1) is 16.8. The summed E-state index contributed by atoms with van der Waals surface area (Å²) < 4.78 is 33.3. The number of hydrogen-bond donors (Lipinski definition) is 0. The minimum atomic E-state index is -3.59. The van der Waals surface area contributed by atoms with Gasteiger partial charge in [-0.25, -0.2) is 13.4 Å². The number of carbonyl (C=O) groups is 1. The molecule has 11 heteroatoms. The lowest BCUT2D eigenvalue weighted by Gasteiger charge is -2.25. The molecule has 198 valence electrons. The molecule has 3 aromatic rings. The third-order valence-corrected chi connectivity index (χ3v) is 9.16. The van der Waals surface area contributed by atoms with Crippen LogP contribution < -0.4 is 9.64 Å². The van der Waals surface area contributed by atoms with Crippen molar-refractivity contribution >= 4 is 55.0 Å². The van der Waals surface area contributed by atoms with Crippen molar-refractivity contribution in [1.82, 2.24) is 14.2 Å². The minimum absolute atomic E-state index is 0. The Balaban J connectivity index is 0.00000456. The molecule has 0 bridgehead atoms. The molecule has 1 amide bonds. The van der Waals surface area contributed by atoms with Crippen LogP contribution in [0.25, 0.3) is 10.2 Å². The molecule has 0 saturated heterocycles. The topological polar surface area (TPSA) is 83.1 Å². The predicted molar refractivity (Wildman–Crippen MR) is 149 cm³/mol. The van der Waals surface area contributed by atoms with Crippen LogP contribution in [0.2, 0.25) is 0 Å². The van der Waals surface area contributed by atoms with Crippen LogP contribution in [0.4, 0.5) is 5.13 Å². The van der Waals surface area contributed by atoms with E-state index >= 15 is 0 Å². The number of halogens is 1. The van der Waals surface area contributed by atoms with E-state index in [2.05, 4.69) is 18.7 Å². The van der Waals surface area contributed by atoms with E-state index in [9.17, 15) is 13.2 Å². The van der Waals surface area contributed by atoms with Crippen molar-refractivity contribution in [3.05, 3.63) is 48.0 Å². The molecule has 0 unspecified atom stereocenters. The Morgan fingerprint density at radius 3 is 2.14 bits per heavy atom. The van der Waals surface area contributed by atoms with Gasteiger partial charge in [0, 0.05) is 37.8 Å². The van der Waals surface area contributed by atoms with Gasteiger partial charge < -0.3 is 9.64 Å². The van der Waals surface area contributed by atoms with Gasteiger partial charge in [-0.15, -0.1) is 12.4 Å². The molecule has 0 saturated carbocycles. The number of rotatable bonds is 12. The fraction of sp³-hybridized carbons (Fsp3) is 0.440. The standard InChI is InChI=1S/C25H34N4O4S2.ClH/c1-6-27(7-2)16-17-29(25-26-22-18-20(33-5)12-15-23(22)34-25)24(30)19-10-13-21(14-11-19)35(31,32)28(8-3)9-4;/h10-15,18H,6-9,16-17H2,1-5H3;1H. The Morgan fingerprint density at radius 1 is 0.944 bits per heavy atom. The van der Waals surface area contributed by atoms with Crippen LogP contribution in [0.15, 0.2) is 47.4 Å². The van der Waals surface area contributed by atoms with Crippen molar-refractivity contribution in [2.45, 2.75) is 32.6 Å². The highest BCUT2D eigenvalue weighted by Gasteiger charge is 2.25. The largest absolute Gasteiger partial charge is 0.497 e. The molecule has 2 aromatic carbocycles. The van der Waals surface area contributed by atoms with Crippen molar-refractivity contribution in [3.8, 4) is 5.75 Å². The number of amides is 1. The first-order valence-electron chi connectivity index (χ1n) is 11.9. The molecule has 0 radical (unpaired) electrons. The van der Waals surface area contributed by atoms with Gasteiger partial charge in [-0.3, -0.25) is 9.69 Å². The first kappa shape index (κ1) is 30.0. The Hall–Kier alpha value is -2.24. The normalized spacial score (nSPS) is 11.6. The van der Waals surface area contributed by atoms with Crippen molar-refractivity contribution in [2.24, 2.45) is 0 Å². The summed E-state index contributed by atoms with van der Waals surface area (Å²) in [6, 6.07) is 11.9. The number of thiazole rings is 1. The van der Waals surface area contributed by atoms with Gasteiger partial charge in [0.05, 0.1) is 22.2 Å². The second-order valence-electron chi connectivity index (χ2n) is 7.93.